The monoisotopic (exact) mass is 773 g/mol. The Labute approximate surface area is 340 Å². The van der Waals surface area contributed by atoms with Gasteiger partial charge in [-0.25, -0.2) is 9.78 Å². The Morgan fingerprint density at radius 2 is 1.33 bits per heavy atom. The van der Waals surface area contributed by atoms with Crippen LogP contribution in [0.1, 0.15) is 67.2 Å². The summed E-state index contributed by atoms with van der Waals surface area (Å²) < 4.78 is 0. The summed E-state index contributed by atoms with van der Waals surface area (Å²) in [7, 11) is 0. The van der Waals surface area contributed by atoms with Crippen molar-refractivity contribution in [3.63, 3.8) is 0 Å². The van der Waals surface area contributed by atoms with Gasteiger partial charge in [0.15, 0.2) is 5.82 Å². The summed E-state index contributed by atoms with van der Waals surface area (Å²) in [5.74, 6) is 1.54. The van der Waals surface area contributed by atoms with Crippen LogP contribution in [-0.2, 0) is 6.42 Å². The van der Waals surface area contributed by atoms with E-state index in [2.05, 4.69) is 59.3 Å². The van der Waals surface area contributed by atoms with Crippen LogP contribution in [0.25, 0.3) is 22.5 Å². The van der Waals surface area contributed by atoms with Gasteiger partial charge in [-0.15, -0.1) is 0 Å². The summed E-state index contributed by atoms with van der Waals surface area (Å²) in [4.78, 5) is 46.8. The third kappa shape index (κ3) is 8.52. The molecule has 12 heteroatoms. The fraction of sp³-hybridized carbons (Fsp3) is 0.326. The van der Waals surface area contributed by atoms with Gasteiger partial charge in [0.2, 0.25) is 0 Å². The van der Waals surface area contributed by atoms with Gasteiger partial charge in [0.25, 0.3) is 0 Å². The van der Waals surface area contributed by atoms with E-state index >= 15 is 0 Å². The molecule has 2 fully saturated rings. The van der Waals surface area contributed by atoms with Crippen LogP contribution in [-0.4, -0.2) is 68.2 Å². The minimum absolute atomic E-state index is 0.0474. The highest BCUT2D eigenvalue weighted by atomic mass is 16.2. The van der Waals surface area contributed by atoms with Gasteiger partial charge in [0, 0.05) is 79.5 Å². The highest BCUT2D eigenvalue weighted by Crippen LogP contribution is 2.40. The molecule has 4 bridgehead atoms. The van der Waals surface area contributed by atoms with Crippen molar-refractivity contribution in [3.05, 3.63) is 138 Å². The molecule has 3 N–H and O–H groups in total. The summed E-state index contributed by atoms with van der Waals surface area (Å²) in [5, 5.41) is 3.11. The number of aromatic nitrogens is 6. The Morgan fingerprint density at radius 1 is 0.707 bits per heavy atom. The summed E-state index contributed by atoms with van der Waals surface area (Å²) in [6, 6.07) is 27.9. The maximum atomic E-state index is 13.4. The molecule has 10 rings (SSSR count). The fourth-order valence-corrected chi connectivity index (χ4v) is 8.23. The molecule has 0 aliphatic carbocycles. The lowest BCUT2D eigenvalue weighted by molar-refractivity contribution is 0.241. The van der Waals surface area contributed by atoms with Crippen LogP contribution in [0.2, 0.25) is 0 Å². The van der Waals surface area contributed by atoms with Gasteiger partial charge in [-0.3, -0.25) is 29.8 Å². The van der Waals surface area contributed by atoms with Gasteiger partial charge in [0.05, 0.1) is 51.9 Å². The number of fused-ring (bicyclic) bond motifs is 8. The molecule has 2 saturated heterocycles. The predicted molar refractivity (Wildman–Crippen MR) is 230 cm³/mol. The highest BCUT2D eigenvalue weighted by molar-refractivity contribution is 5.97. The Morgan fingerprint density at radius 3 is 1.95 bits per heavy atom. The number of carbonyl (C=O) groups is 1. The maximum absolute atomic E-state index is 13.4. The minimum atomic E-state index is -0.187. The number of nitrogens with two attached hydrogens (primary N) is 1. The molecule has 4 aliphatic rings. The molecular formula is C46H51N11O. The molecule has 6 aromatic heterocycles. The Hall–Kier alpha value is -6.27. The zero-order valence-electron chi connectivity index (χ0n) is 33.7. The quantitative estimate of drug-likeness (QED) is 0.179. The third-order valence-corrected chi connectivity index (χ3v) is 11.2. The lowest BCUT2D eigenvalue weighted by atomic mass is 9.98. The zero-order chi connectivity index (χ0) is 40.2. The number of hydrogen-bond donors (Lipinski definition) is 2. The van der Waals surface area contributed by atoms with Crippen LogP contribution < -0.4 is 25.8 Å². The fourth-order valence-electron chi connectivity index (χ4n) is 8.23. The van der Waals surface area contributed by atoms with Gasteiger partial charge < -0.3 is 20.9 Å². The van der Waals surface area contributed by atoms with Crippen molar-refractivity contribution in [2.45, 2.75) is 65.1 Å². The second-order valence-electron chi connectivity index (χ2n) is 15.6. The molecule has 2 amide bonds. The molecule has 296 valence electrons. The van der Waals surface area contributed by atoms with Crippen LogP contribution in [0.5, 0.6) is 0 Å². The Balaban J connectivity index is 0.000000142. The minimum Gasteiger partial charge on any atom is -0.370 e. The molecule has 0 unspecified atom stereocenters. The van der Waals surface area contributed by atoms with E-state index in [1.807, 2.05) is 99.5 Å². The second-order valence-corrected chi connectivity index (χ2v) is 15.6. The Kier molecular flexibility index (Phi) is 11.4. The summed E-state index contributed by atoms with van der Waals surface area (Å²) in [6.07, 6.45) is 10.5. The van der Waals surface area contributed by atoms with E-state index in [0.717, 1.165) is 83.1 Å². The number of hydrogen-bond acceptors (Lipinski definition) is 10. The van der Waals surface area contributed by atoms with Crippen LogP contribution in [0.3, 0.4) is 0 Å². The lowest BCUT2D eigenvalue weighted by Crippen LogP contribution is -2.51. The van der Waals surface area contributed by atoms with Gasteiger partial charge >= 0.3 is 6.03 Å². The number of rotatable bonds is 5. The van der Waals surface area contributed by atoms with Gasteiger partial charge in [-0.05, 0) is 126 Å². The number of pyridine rings is 6. The first-order valence-corrected chi connectivity index (χ1v) is 20.2. The number of carbonyl (C=O) groups excluding carboxylic acids is 1. The maximum Gasteiger partial charge on any atom is 0.323 e. The van der Waals surface area contributed by atoms with Crippen molar-refractivity contribution >= 4 is 23.2 Å². The van der Waals surface area contributed by atoms with E-state index in [-0.39, 0.29) is 24.2 Å². The van der Waals surface area contributed by atoms with Crippen LogP contribution >= 0.6 is 0 Å². The first-order chi connectivity index (χ1) is 28.2. The third-order valence-electron chi connectivity index (χ3n) is 11.2. The molecule has 4 atom stereocenters. The molecule has 6 aromatic rings. The number of urea groups is 1. The molecule has 0 radical (unpaired) electrons. The standard InChI is InChI=1S/C23H24N6O.C16H17N3.C7H10N2/c1-15-13-17(8-11-24-15)20-6-7-21-22(27-20)29(18-9-12-28(21)14-18)23(30)26-16(2)19-5-3-4-10-25-19;1-11-8-13(4-6-17-11)14-2-3-16-15(18-14)9-12-5-7-19(16)10-12;1-6(8)7-4-2-3-5-9-7/h3-8,10-11,13,16,18H,9,12,14H2,1-2H3,(H,26,30);2-4,6,8,12H,5,7,9-10H2,1H3;2-6H,8H2,1H3/t16-,18+;12-;6-/m111/s1. The average Bonchev–Trinajstić information content (AvgIpc) is 3.85. The van der Waals surface area contributed by atoms with Crippen molar-refractivity contribution in [1.82, 2.24) is 35.2 Å². The van der Waals surface area contributed by atoms with E-state index in [4.69, 9.17) is 15.7 Å². The Bertz CT molecular complexity index is 2360. The largest absolute Gasteiger partial charge is 0.370 e. The highest BCUT2D eigenvalue weighted by Gasteiger charge is 2.40. The number of nitrogens with one attached hydrogen (secondary N) is 1. The first-order valence-electron chi connectivity index (χ1n) is 20.2. The van der Waals surface area contributed by atoms with Crippen LogP contribution in [0.15, 0.2) is 110 Å². The number of anilines is 3. The van der Waals surface area contributed by atoms with Crippen molar-refractivity contribution in [2.24, 2.45) is 11.7 Å². The smallest absolute Gasteiger partial charge is 0.323 e. The lowest BCUT2D eigenvalue weighted by Gasteiger charge is -2.36. The van der Waals surface area contributed by atoms with Crippen molar-refractivity contribution < 1.29 is 4.79 Å². The van der Waals surface area contributed by atoms with E-state index in [9.17, 15) is 4.79 Å². The van der Waals surface area contributed by atoms with E-state index in [1.54, 1.807) is 18.6 Å². The van der Waals surface area contributed by atoms with Crippen LogP contribution in [0.4, 0.5) is 22.0 Å². The second kappa shape index (κ2) is 17.1. The van der Waals surface area contributed by atoms with E-state index < -0.39 is 0 Å². The molecule has 0 spiro atoms. The van der Waals surface area contributed by atoms with E-state index in [0.29, 0.717) is 0 Å². The van der Waals surface area contributed by atoms with E-state index in [1.165, 1.54) is 36.5 Å². The summed E-state index contributed by atoms with van der Waals surface area (Å²) in [6.45, 7) is 12.1. The number of amides is 2. The molecule has 12 nitrogen and oxygen atoms in total. The molecule has 0 aromatic carbocycles. The van der Waals surface area contributed by atoms with Gasteiger partial charge in [-0.1, -0.05) is 12.1 Å². The van der Waals surface area contributed by atoms with Crippen molar-refractivity contribution in [1.29, 1.82) is 0 Å². The normalized spacial score (nSPS) is 18.1. The molecular weight excluding hydrogens is 723 g/mol. The van der Waals surface area contributed by atoms with Gasteiger partial charge in [0.1, 0.15) is 0 Å². The summed E-state index contributed by atoms with van der Waals surface area (Å²) >= 11 is 0. The first kappa shape index (κ1) is 38.6. The predicted octanol–water partition coefficient (Wildman–Crippen LogP) is 7.65. The van der Waals surface area contributed by atoms with Gasteiger partial charge in [-0.2, -0.15) is 0 Å². The molecule has 4 aliphatic heterocycles. The number of aryl methyl sites for hydroxylation is 2. The number of nitrogens with zero attached hydrogens (tertiary/aromatic N) is 9. The summed E-state index contributed by atoms with van der Waals surface area (Å²) in [5.41, 5.74) is 17.0. The molecule has 0 saturated carbocycles. The van der Waals surface area contributed by atoms with Crippen molar-refractivity contribution in [2.75, 3.05) is 40.9 Å². The van der Waals surface area contributed by atoms with Crippen molar-refractivity contribution in [3.8, 4) is 22.5 Å². The SMILES string of the molecule is C[C@@H](N)c1ccccn1.Cc1cc(-c2ccc3c(n2)C[C@H]2CCN3C2)ccn1.Cc1cc(-c2ccc3c(n2)N(C(=O)N[C@H](C)c2ccccn2)[C@H]2CCN3C2)ccn1. The average molecular weight is 774 g/mol. The zero-order valence-corrected chi connectivity index (χ0v) is 33.7. The molecule has 58 heavy (non-hydrogen) atoms. The topological polar surface area (TPSA) is 142 Å². The molecule has 10 heterocycles. The van der Waals surface area contributed by atoms with Crippen LogP contribution in [0, 0.1) is 19.8 Å².